The molecule has 0 bridgehead atoms. The van der Waals surface area contributed by atoms with Crippen LogP contribution in [0.3, 0.4) is 0 Å². The molecule has 0 saturated carbocycles. The molecule has 0 atom stereocenters. The maximum atomic E-state index is 5.73. The maximum absolute atomic E-state index is 5.73. The fourth-order valence-corrected chi connectivity index (χ4v) is 2.33. The lowest BCUT2D eigenvalue weighted by molar-refractivity contribution is 1.77. The molecule has 0 aliphatic carbocycles. The van der Waals surface area contributed by atoms with E-state index in [9.17, 15) is 0 Å². The molecule has 0 N–H and O–H groups in total. The van der Waals surface area contributed by atoms with Crippen molar-refractivity contribution in [2.24, 2.45) is 0 Å². The molecule has 1 rings (SSSR count). The molecule has 0 unspecified atom stereocenters. The summed E-state index contributed by atoms with van der Waals surface area (Å²) >= 11 is 17.2. The zero-order valence-electron chi connectivity index (χ0n) is 5.02. The SMILES string of the molecule is C.Cl[Si](Cl)(Cl)c1ccccc1. The highest BCUT2D eigenvalue weighted by molar-refractivity contribution is 7.69. The monoisotopic (exact) mass is 226 g/mol. The number of rotatable bonds is 1. The number of hydrogen-bond donors (Lipinski definition) is 0. The Hall–Kier alpha value is 0.307. The van der Waals surface area contributed by atoms with E-state index in [0.717, 1.165) is 5.19 Å². The third-order valence-corrected chi connectivity index (χ3v) is 4.05. The van der Waals surface area contributed by atoms with Gasteiger partial charge in [0, 0.05) is 0 Å². The van der Waals surface area contributed by atoms with E-state index >= 15 is 0 Å². The van der Waals surface area contributed by atoms with Crippen molar-refractivity contribution in [1.82, 2.24) is 0 Å². The zero-order valence-corrected chi connectivity index (χ0v) is 8.29. The number of halogens is 3. The van der Waals surface area contributed by atoms with Crippen LogP contribution < -0.4 is 5.19 Å². The minimum atomic E-state index is -2.62. The molecule has 0 aliphatic rings. The van der Waals surface area contributed by atoms with E-state index in [4.69, 9.17) is 33.2 Å². The second kappa shape index (κ2) is 4.36. The fraction of sp³-hybridized carbons (Fsp3) is 0.143. The molecule has 0 aromatic heterocycles. The highest BCUT2D eigenvalue weighted by Gasteiger charge is 2.26. The van der Waals surface area contributed by atoms with Gasteiger partial charge in [-0.3, -0.25) is 0 Å². The lowest BCUT2D eigenvalue weighted by Gasteiger charge is -2.05. The molecular formula is C7H9Cl3Si. The molecular weight excluding hydrogens is 219 g/mol. The minimum Gasteiger partial charge on any atom is -0.121 e. The molecule has 0 fully saturated rings. The zero-order chi connectivity index (χ0) is 7.61. The predicted octanol–water partition coefficient (Wildman–Crippen LogP) is 3.19. The van der Waals surface area contributed by atoms with Crippen LogP contribution in [0.1, 0.15) is 7.43 Å². The van der Waals surface area contributed by atoms with E-state index in [1.165, 1.54) is 0 Å². The summed E-state index contributed by atoms with van der Waals surface area (Å²) in [6.45, 7) is 0. The van der Waals surface area contributed by atoms with Gasteiger partial charge in [0.2, 0.25) is 0 Å². The largest absolute Gasteiger partial charge is 0.372 e. The van der Waals surface area contributed by atoms with Gasteiger partial charge >= 0.3 is 6.00 Å². The molecule has 0 aliphatic heterocycles. The average molecular weight is 228 g/mol. The van der Waals surface area contributed by atoms with Crippen molar-refractivity contribution in [3.05, 3.63) is 30.3 Å². The summed E-state index contributed by atoms with van der Waals surface area (Å²) in [5, 5.41) is 0.833. The lowest BCUT2D eigenvalue weighted by atomic mass is 10.4. The van der Waals surface area contributed by atoms with E-state index < -0.39 is 6.00 Å². The molecule has 0 nitrogen and oxygen atoms in total. The van der Waals surface area contributed by atoms with Crippen LogP contribution >= 0.6 is 33.2 Å². The Morgan fingerprint density at radius 2 is 1.36 bits per heavy atom. The van der Waals surface area contributed by atoms with Crippen molar-refractivity contribution < 1.29 is 0 Å². The van der Waals surface area contributed by atoms with Gasteiger partial charge < -0.3 is 0 Å². The second-order valence-corrected chi connectivity index (χ2v) is 10.3. The molecule has 0 saturated heterocycles. The second-order valence-electron chi connectivity index (χ2n) is 1.86. The van der Waals surface area contributed by atoms with Gasteiger partial charge in [-0.1, -0.05) is 37.8 Å². The first-order valence-electron chi connectivity index (χ1n) is 2.73. The van der Waals surface area contributed by atoms with Gasteiger partial charge in [-0.05, 0) is 5.19 Å². The van der Waals surface area contributed by atoms with Crippen LogP contribution in [0.5, 0.6) is 0 Å². The Balaban J connectivity index is 0.000001000. The van der Waals surface area contributed by atoms with Gasteiger partial charge in [0.25, 0.3) is 0 Å². The summed E-state index contributed by atoms with van der Waals surface area (Å²) in [5.74, 6) is 0. The molecule has 0 amide bonds. The molecule has 0 radical (unpaired) electrons. The van der Waals surface area contributed by atoms with Crippen molar-refractivity contribution in [2.45, 2.75) is 7.43 Å². The maximum Gasteiger partial charge on any atom is 0.372 e. The summed E-state index contributed by atoms with van der Waals surface area (Å²) in [7, 11) is 0. The van der Waals surface area contributed by atoms with Crippen LogP contribution in [0, 0.1) is 0 Å². The normalized spacial score (nSPS) is 10.5. The van der Waals surface area contributed by atoms with Gasteiger partial charge in [-0.15, -0.1) is 33.2 Å². The Bertz CT molecular complexity index is 205. The van der Waals surface area contributed by atoms with Crippen molar-refractivity contribution in [1.29, 1.82) is 0 Å². The highest BCUT2D eigenvalue weighted by atomic mass is 35.8. The van der Waals surface area contributed by atoms with E-state index in [2.05, 4.69) is 0 Å². The van der Waals surface area contributed by atoms with Gasteiger partial charge in [-0.2, -0.15) is 0 Å². The third kappa shape index (κ3) is 3.47. The van der Waals surface area contributed by atoms with E-state index in [-0.39, 0.29) is 7.43 Å². The fourth-order valence-electron chi connectivity index (χ4n) is 0.627. The summed E-state index contributed by atoms with van der Waals surface area (Å²) in [5.41, 5.74) is 0. The minimum absolute atomic E-state index is 0. The molecule has 0 spiro atoms. The third-order valence-electron chi connectivity index (χ3n) is 1.10. The van der Waals surface area contributed by atoms with Crippen LogP contribution in [-0.4, -0.2) is 6.00 Å². The first-order valence-corrected chi connectivity index (χ1v) is 7.76. The Labute approximate surface area is 82.2 Å². The lowest BCUT2D eigenvalue weighted by Crippen LogP contribution is -2.29. The molecule has 4 heteroatoms. The summed E-state index contributed by atoms with van der Waals surface area (Å²) in [4.78, 5) is 0. The van der Waals surface area contributed by atoms with E-state index in [0.29, 0.717) is 0 Å². The van der Waals surface area contributed by atoms with Gasteiger partial charge in [0.05, 0.1) is 0 Å². The van der Waals surface area contributed by atoms with Crippen LogP contribution in [0.25, 0.3) is 0 Å². The molecule has 0 heterocycles. The summed E-state index contributed by atoms with van der Waals surface area (Å²) < 4.78 is 0. The van der Waals surface area contributed by atoms with Crippen LogP contribution in [0.2, 0.25) is 0 Å². The van der Waals surface area contributed by atoms with Crippen molar-refractivity contribution in [3.63, 3.8) is 0 Å². The summed E-state index contributed by atoms with van der Waals surface area (Å²) in [6, 6.07) is 6.68. The van der Waals surface area contributed by atoms with Crippen LogP contribution in [0.15, 0.2) is 30.3 Å². The van der Waals surface area contributed by atoms with E-state index in [1.807, 2.05) is 30.3 Å². The quantitative estimate of drug-likeness (QED) is 0.511. The highest BCUT2D eigenvalue weighted by Crippen LogP contribution is 2.18. The Kier molecular flexibility index (Phi) is 4.48. The molecule has 1 aromatic carbocycles. The molecule has 11 heavy (non-hydrogen) atoms. The van der Waals surface area contributed by atoms with Gasteiger partial charge in [0.1, 0.15) is 0 Å². The molecule has 62 valence electrons. The smallest absolute Gasteiger partial charge is 0.121 e. The average Bonchev–Trinajstić information content (AvgIpc) is 1.88. The number of hydrogen-bond acceptors (Lipinski definition) is 0. The number of benzene rings is 1. The van der Waals surface area contributed by atoms with Crippen molar-refractivity contribution in [2.75, 3.05) is 0 Å². The predicted molar refractivity (Wildman–Crippen MR) is 56.1 cm³/mol. The van der Waals surface area contributed by atoms with Gasteiger partial charge in [-0.25, -0.2) is 0 Å². The first-order chi connectivity index (χ1) is 4.61. The summed E-state index contributed by atoms with van der Waals surface area (Å²) in [6.07, 6.45) is 0. The van der Waals surface area contributed by atoms with Crippen molar-refractivity contribution in [3.8, 4) is 0 Å². The molecule has 1 aromatic rings. The Morgan fingerprint density at radius 3 is 1.64 bits per heavy atom. The van der Waals surface area contributed by atoms with Gasteiger partial charge in [0.15, 0.2) is 0 Å². The Morgan fingerprint density at radius 1 is 0.909 bits per heavy atom. The van der Waals surface area contributed by atoms with E-state index in [1.54, 1.807) is 0 Å². The van der Waals surface area contributed by atoms with Crippen molar-refractivity contribution >= 4 is 44.4 Å². The first kappa shape index (κ1) is 11.3. The standard InChI is InChI=1S/C6H5Cl3Si.CH4/c7-10(8,9)6-4-2-1-3-5-6;/h1-5H;1H4. The topological polar surface area (TPSA) is 0 Å². The van der Waals surface area contributed by atoms with Crippen LogP contribution in [-0.2, 0) is 0 Å². The van der Waals surface area contributed by atoms with Crippen LogP contribution in [0.4, 0.5) is 0 Å².